The van der Waals surface area contributed by atoms with E-state index in [-0.39, 0.29) is 24.1 Å². The molecular weight excluding hydrogens is 478 g/mol. The lowest BCUT2D eigenvalue weighted by atomic mass is 9.73. The molecule has 10 heteroatoms. The minimum Gasteiger partial charge on any atom is -0.339 e. The monoisotopic (exact) mass is 519 g/mol. The maximum Gasteiger partial charge on any atom is 0.256 e. The molecule has 0 aromatic heterocycles. The molecule has 0 spiro atoms. The van der Waals surface area contributed by atoms with E-state index in [1.807, 2.05) is 56.0 Å². The Morgan fingerprint density at radius 2 is 1.89 bits per heavy atom. The minimum atomic E-state index is -3.65. The molecule has 1 aromatic rings. The van der Waals surface area contributed by atoms with E-state index in [1.54, 1.807) is 11.9 Å². The number of carbonyl (C=O) groups is 2. The van der Waals surface area contributed by atoms with Crippen LogP contribution in [0.25, 0.3) is 0 Å². The first-order chi connectivity index (χ1) is 17.2. The molecule has 0 saturated carbocycles. The third-order valence-electron chi connectivity index (χ3n) is 7.30. The standard InChI is InChI=1S/C26H41N5O4S/c1-5-8-14-22(28-36(34,35)18-17-30(6-2)7-3)24(32)31-16-15-23-26(20-31,25(33)29(4)27-23)19-21-12-10-9-11-13-21/h9-13,22,28H,5-8,14-20H2,1-4H3. The van der Waals surface area contributed by atoms with Gasteiger partial charge in [0.05, 0.1) is 11.5 Å². The molecule has 3 rings (SSSR count). The highest BCUT2D eigenvalue weighted by Crippen LogP contribution is 2.38. The van der Waals surface area contributed by atoms with Gasteiger partial charge < -0.3 is 9.80 Å². The van der Waals surface area contributed by atoms with Gasteiger partial charge in [0.15, 0.2) is 0 Å². The second kappa shape index (κ2) is 12.3. The van der Waals surface area contributed by atoms with Crippen molar-refractivity contribution in [2.24, 2.45) is 10.5 Å². The van der Waals surface area contributed by atoms with Crippen molar-refractivity contribution in [2.45, 2.75) is 58.9 Å². The average molecular weight is 520 g/mol. The molecule has 2 unspecified atom stereocenters. The first-order valence-corrected chi connectivity index (χ1v) is 14.7. The van der Waals surface area contributed by atoms with Crippen molar-refractivity contribution >= 4 is 27.5 Å². The zero-order valence-electron chi connectivity index (χ0n) is 22.1. The van der Waals surface area contributed by atoms with Crippen LogP contribution in [0, 0.1) is 5.41 Å². The van der Waals surface area contributed by atoms with Crippen LogP contribution in [0.4, 0.5) is 0 Å². The van der Waals surface area contributed by atoms with Gasteiger partial charge in [-0.25, -0.2) is 18.1 Å². The van der Waals surface area contributed by atoms with Gasteiger partial charge in [-0.05, 0) is 31.5 Å². The van der Waals surface area contributed by atoms with E-state index in [4.69, 9.17) is 0 Å². The largest absolute Gasteiger partial charge is 0.339 e. The number of nitrogens with one attached hydrogen (secondary N) is 1. The first-order valence-electron chi connectivity index (χ1n) is 13.1. The molecule has 1 saturated heterocycles. The highest BCUT2D eigenvalue weighted by molar-refractivity contribution is 7.89. The van der Waals surface area contributed by atoms with Crippen molar-refractivity contribution in [3.63, 3.8) is 0 Å². The molecule has 1 N–H and O–H groups in total. The zero-order chi connectivity index (χ0) is 26.3. The number of sulfonamides is 1. The Labute approximate surface area is 215 Å². The van der Waals surface area contributed by atoms with Crippen LogP contribution in [0.15, 0.2) is 35.4 Å². The van der Waals surface area contributed by atoms with E-state index >= 15 is 0 Å². The molecule has 0 radical (unpaired) electrons. The molecule has 0 aliphatic carbocycles. The van der Waals surface area contributed by atoms with E-state index in [2.05, 4.69) is 9.82 Å². The summed E-state index contributed by atoms with van der Waals surface area (Å²) >= 11 is 0. The van der Waals surface area contributed by atoms with Crippen LogP contribution in [-0.2, 0) is 26.0 Å². The SMILES string of the molecule is CCCCC(NS(=O)(=O)CCN(CC)CC)C(=O)N1CCC2=NN(C)C(=O)C2(Cc2ccccc2)C1. The second-order valence-corrected chi connectivity index (χ2v) is 11.7. The molecule has 2 heterocycles. The van der Waals surface area contributed by atoms with Crippen LogP contribution in [0.5, 0.6) is 0 Å². The van der Waals surface area contributed by atoms with E-state index in [1.165, 1.54) is 5.01 Å². The summed E-state index contributed by atoms with van der Waals surface area (Å²) in [5.74, 6) is -0.435. The Morgan fingerprint density at radius 1 is 1.19 bits per heavy atom. The van der Waals surface area contributed by atoms with Gasteiger partial charge in [-0.15, -0.1) is 0 Å². The summed E-state index contributed by atoms with van der Waals surface area (Å²) in [6.45, 7) is 8.59. The Hall–Kier alpha value is -2.30. The summed E-state index contributed by atoms with van der Waals surface area (Å²) in [6, 6.07) is 8.92. The Morgan fingerprint density at radius 3 is 2.53 bits per heavy atom. The topological polar surface area (TPSA) is 102 Å². The smallest absolute Gasteiger partial charge is 0.256 e. The molecule has 9 nitrogen and oxygen atoms in total. The lowest BCUT2D eigenvalue weighted by Crippen LogP contribution is -2.59. The van der Waals surface area contributed by atoms with Crippen molar-refractivity contribution < 1.29 is 18.0 Å². The van der Waals surface area contributed by atoms with Gasteiger partial charge in [0.1, 0.15) is 11.5 Å². The Balaban J connectivity index is 1.80. The molecule has 2 amide bonds. The quantitative estimate of drug-likeness (QED) is 0.430. The van der Waals surface area contributed by atoms with E-state index in [9.17, 15) is 18.0 Å². The highest BCUT2D eigenvalue weighted by atomic mass is 32.2. The van der Waals surface area contributed by atoms with Gasteiger partial charge >= 0.3 is 0 Å². The number of hydrogen-bond donors (Lipinski definition) is 1. The maximum atomic E-state index is 13.7. The van der Waals surface area contributed by atoms with Crippen molar-refractivity contribution in [2.75, 3.05) is 45.5 Å². The Kier molecular flexibility index (Phi) is 9.66. The van der Waals surface area contributed by atoms with Crippen LogP contribution >= 0.6 is 0 Å². The number of amides is 2. The highest BCUT2D eigenvalue weighted by Gasteiger charge is 2.53. The fourth-order valence-electron chi connectivity index (χ4n) is 5.14. The summed E-state index contributed by atoms with van der Waals surface area (Å²) in [4.78, 5) is 30.8. The van der Waals surface area contributed by atoms with Crippen LogP contribution in [0.2, 0.25) is 0 Å². The lowest BCUT2D eigenvalue weighted by Gasteiger charge is -2.40. The van der Waals surface area contributed by atoms with E-state index in [0.29, 0.717) is 32.4 Å². The number of hydrazone groups is 1. The number of nitrogens with zero attached hydrogens (tertiary/aromatic N) is 4. The summed E-state index contributed by atoms with van der Waals surface area (Å²) in [7, 11) is -2.00. The van der Waals surface area contributed by atoms with Crippen molar-refractivity contribution in [3.8, 4) is 0 Å². The van der Waals surface area contributed by atoms with Crippen molar-refractivity contribution in [3.05, 3.63) is 35.9 Å². The summed E-state index contributed by atoms with van der Waals surface area (Å²) in [6.07, 6.45) is 2.95. The summed E-state index contributed by atoms with van der Waals surface area (Å²) < 4.78 is 28.5. The van der Waals surface area contributed by atoms with Crippen LogP contribution < -0.4 is 4.72 Å². The lowest BCUT2D eigenvalue weighted by molar-refractivity contribution is -0.140. The first kappa shape index (κ1) is 28.3. The number of unbranched alkanes of at least 4 members (excludes halogenated alkanes) is 1. The number of benzene rings is 1. The van der Waals surface area contributed by atoms with Gasteiger partial charge in [0.2, 0.25) is 15.9 Å². The number of carbonyl (C=O) groups excluding carboxylic acids is 2. The molecule has 200 valence electrons. The predicted octanol–water partition coefficient (Wildman–Crippen LogP) is 2.10. The van der Waals surface area contributed by atoms with E-state index in [0.717, 1.165) is 37.2 Å². The Bertz CT molecular complexity index is 1040. The fourth-order valence-corrected chi connectivity index (χ4v) is 6.41. The van der Waals surface area contributed by atoms with Gasteiger partial charge in [-0.3, -0.25) is 9.59 Å². The molecule has 1 aromatic carbocycles. The van der Waals surface area contributed by atoms with E-state index < -0.39 is 21.5 Å². The maximum absolute atomic E-state index is 13.7. The number of rotatable bonds is 13. The predicted molar refractivity (Wildman–Crippen MR) is 142 cm³/mol. The third kappa shape index (κ3) is 6.52. The van der Waals surface area contributed by atoms with Gasteiger partial charge in [0, 0.05) is 33.1 Å². The molecule has 2 aliphatic heterocycles. The zero-order valence-corrected chi connectivity index (χ0v) is 22.9. The van der Waals surface area contributed by atoms with Crippen LogP contribution in [0.1, 0.15) is 52.0 Å². The number of likely N-dealkylation sites (tertiary alicyclic amines) is 1. The summed E-state index contributed by atoms with van der Waals surface area (Å²) in [5, 5.41) is 5.90. The fraction of sp³-hybridized carbons (Fsp3) is 0.654. The molecule has 2 atom stereocenters. The molecular formula is C26H41N5O4S. The molecule has 2 aliphatic rings. The van der Waals surface area contributed by atoms with Crippen molar-refractivity contribution in [1.29, 1.82) is 0 Å². The minimum absolute atomic E-state index is 0.0530. The van der Waals surface area contributed by atoms with Crippen LogP contribution in [0.3, 0.4) is 0 Å². The van der Waals surface area contributed by atoms with Gasteiger partial charge in [-0.2, -0.15) is 5.10 Å². The van der Waals surface area contributed by atoms with Crippen LogP contribution in [-0.4, -0.2) is 92.3 Å². The molecule has 0 bridgehead atoms. The van der Waals surface area contributed by atoms with Gasteiger partial charge in [0.25, 0.3) is 5.91 Å². The average Bonchev–Trinajstić information content (AvgIpc) is 3.11. The number of hydrogen-bond acceptors (Lipinski definition) is 6. The second-order valence-electron chi connectivity index (χ2n) is 9.79. The number of piperidine rings is 1. The number of fused-ring (bicyclic) bond motifs is 1. The summed E-state index contributed by atoms with van der Waals surface area (Å²) in [5.41, 5.74) is 0.886. The third-order valence-corrected chi connectivity index (χ3v) is 8.67. The molecule has 1 fully saturated rings. The molecule has 36 heavy (non-hydrogen) atoms. The normalized spacial score (nSPS) is 21.0. The van der Waals surface area contributed by atoms with Gasteiger partial charge in [-0.1, -0.05) is 63.9 Å². The van der Waals surface area contributed by atoms with Crippen molar-refractivity contribution in [1.82, 2.24) is 19.5 Å².